The summed E-state index contributed by atoms with van der Waals surface area (Å²) in [5.41, 5.74) is 3.73. The molecule has 0 fully saturated rings. The zero-order chi connectivity index (χ0) is 17.2. The average molecular weight is 345 g/mol. The third kappa shape index (κ3) is 2.92. The van der Waals surface area contributed by atoms with Crippen LogP contribution in [0.15, 0.2) is 88.7 Å². The van der Waals surface area contributed by atoms with Crippen LogP contribution in [0, 0.1) is 0 Å². The molecule has 2 nitrogen and oxygen atoms in total. The number of nitrogens with zero attached hydrogens (tertiary/aromatic N) is 1. The summed E-state index contributed by atoms with van der Waals surface area (Å²) in [6, 6.07) is 27.4. The maximum atomic E-state index is 5.27. The predicted octanol–water partition coefficient (Wildman–Crippen LogP) is 6.01. The van der Waals surface area contributed by atoms with Crippen molar-refractivity contribution in [3.05, 3.63) is 78.9 Å². The van der Waals surface area contributed by atoms with Crippen LogP contribution < -0.4 is 4.74 Å². The van der Waals surface area contributed by atoms with E-state index in [9.17, 15) is 0 Å². The summed E-state index contributed by atoms with van der Waals surface area (Å²) in [5.74, 6) is 0.880. The Balaban J connectivity index is 1.89. The minimum Gasteiger partial charge on any atom is -0.497 e. The van der Waals surface area contributed by atoms with Gasteiger partial charge in [0.1, 0.15) is 5.75 Å². The molecule has 124 valence electrons. The van der Waals surface area contributed by atoms with Crippen LogP contribution in [0.1, 0.15) is 0 Å². The van der Waals surface area contributed by atoms with E-state index in [2.05, 4.69) is 78.3 Å². The third-order valence-electron chi connectivity index (χ3n) is 4.39. The average Bonchev–Trinajstić information content (AvgIpc) is 2.95. The lowest BCUT2D eigenvalue weighted by atomic mass is 10.1. The van der Waals surface area contributed by atoms with Crippen molar-refractivity contribution in [2.75, 3.05) is 7.11 Å². The van der Waals surface area contributed by atoms with Crippen molar-refractivity contribution in [2.24, 2.45) is 7.05 Å². The first-order valence-electron chi connectivity index (χ1n) is 8.22. The van der Waals surface area contributed by atoms with Crippen LogP contribution in [-0.2, 0) is 7.05 Å². The zero-order valence-electron chi connectivity index (χ0n) is 14.3. The zero-order valence-corrected chi connectivity index (χ0v) is 15.1. The van der Waals surface area contributed by atoms with Gasteiger partial charge in [0, 0.05) is 27.7 Å². The van der Waals surface area contributed by atoms with E-state index in [1.807, 2.05) is 12.1 Å². The molecule has 0 unspecified atom stereocenters. The molecule has 0 atom stereocenters. The summed E-state index contributed by atoms with van der Waals surface area (Å²) < 4.78 is 7.56. The van der Waals surface area contributed by atoms with E-state index in [4.69, 9.17) is 4.74 Å². The van der Waals surface area contributed by atoms with Gasteiger partial charge in [-0.15, -0.1) is 0 Å². The highest BCUT2D eigenvalue weighted by Crippen LogP contribution is 2.42. The Morgan fingerprint density at radius 1 is 0.800 bits per heavy atom. The fourth-order valence-corrected chi connectivity index (χ4v) is 4.29. The number of aryl methyl sites for hydroxylation is 1. The highest BCUT2D eigenvalue weighted by molar-refractivity contribution is 7.99. The maximum Gasteiger partial charge on any atom is 0.118 e. The van der Waals surface area contributed by atoms with Crippen LogP contribution in [0.25, 0.3) is 22.2 Å². The molecule has 3 aromatic carbocycles. The molecule has 0 saturated carbocycles. The van der Waals surface area contributed by atoms with Crippen LogP contribution in [0.5, 0.6) is 5.75 Å². The Bertz CT molecular complexity index is 1000. The van der Waals surface area contributed by atoms with Gasteiger partial charge in [-0.05, 0) is 35.9 Å². The number of ether oxygens (including phenoxy) is 1. The summed E-state index contributed by atoms with van der Waals surface area (Å²) in [4.78, 5) is 2.49. The molecule has 0 aliphatic heterocycles. The van der Waals surface area contributed by atoms with E-state index in [-0.39, 0.29) is 0 Å². The van der Waals surface area contributed by atoms with Crippen LogP contribution in [0.4, 0.5) is 0 Å². The van der Waals surface area contributed by atoms with Gasteiger partial charge in [-0.1, -0.05) is 60.3 Å². The van der Waals surface area contributed by atoms with Gasteiger partial charge in [0.15, 0.2) is 0 Å². The molecule has 0 aliphatic rings. The predicted molar refractivity (Wildman–Crippen MR) is 105 cm³/mol. The van der Waals surface area contributed by atoms with Gasteiger partial charge in [-0.2, -0.15) is 0 Å². The van der Waals surface area contributed by atoms with E-state index < -0.39 is 0 Å². The van der Waals surface area contributed by atoms with E-state index in [0.717, 1.165) is 5.75 Å². The van der Waals surface area contributed by atoms with Crippen molar-refractivity contribution < 1.29 is 4.74 Å². The molecular formula is C22H19NOS. The molecule has 0 N–H and O–H groups in total. The first-order valence-corrected chi connectivity index (χ1v) is 9.04. The van der Waals surface area contributed by atoms with Crippen LogP contribution in [0.2, 0.25) is 0 Å². The molecule has 0 bridgehead atoms. The fraction of sp³-hybridized carbons (Fsp3) is 0.0909. The van der Waals surface area contributed by atoms with Crippen molar-refractivity contribution in [3.63, 3.8) is 0 Å². The molecule has 4 aromatic rings. The SMILES string of the molecule is COc1ccc(Sc2c(-c3ccccc3)n(C)c3ccccc23)cc1. The highest BCUT2D eigenvalue weighted by atomic mass is 32.2. The van der Waals surface area contributed by atoms with Crippen molar-refractivity contribution in [1.29, 1.82) is 0 Å². The second-order valence-corrected chi connectivity index (χ2v) is 6.98. The number of aromatic nitrogens is 1. The monoisotopic (exact) mass is 345 g/mol. The number of benzene rings is 3. The summed E-state index contributed by atoms with van der Waals surface area (Å²) in [6.45, 7) is 0. The Labute approximate surface area is 152 Å². The molecule has 0 saturated heterocycles. The topological polar surface area (TPSA) is 14.2 Å². The van der Waals surface area contributed by atoms with Crippen molar-refractivity contribution >= 4 is 22.7 Å². The number of hydrogen-bond donors (Lipinski definition) is 0. The molecule has 0 spiro atoms. The molecule has 25 heavy (non-hydrogen) atoms. The van der Waals surface area contributed by atoms with E-state index in [1.165, 1.54) is 32.0 Å². The largest absolute Gasteiger partial charge is 0.497 e. The quantitative estimate of drug-likeness (QED) is 0.450. The van der Waals surface area contributed by atoms with E-state index in [0.29, 0.717) is 0 Å². The molecule has 1 aromatic heterocycles. The molecule has 0 radical (unpaired) electrons. The smallest absolute Gasteiger partial charge is 0.118 e. The second kappa shape index (κ2) is 6.69. The Morgan fingerprint density at radius 2 is 1.48 bits per heavy atom. The van der Waals surface area contributed by atoms with Crippen molar-refractivity contribution in [2.45, 2.75) is 9.79 Å². The lowest BCUT2D eigenvalue weighted by Crippen LogP contribution is -1.91. The number of methoxy groups -OCH3 is 1. The highest BCUT2D eigenvalue weighted by Gasteiger charge is 2.17. The molecule has 3 heteroatoms. The Kier molecular flexibility index (Phi) is 4.24. The lowest BCUT2D eigenvalue weighted by molar-refractivity contribution is 0.414. The summed E-state index contributed by atoms with van der Waals surface area (Å²) >= 11 is 1.80. The van der Waals surface area contributed by atoms with Gasteiger partial charge in [0.25, 0.3) is 0 Å². The maximum absolute atomic E-state index is 5.27. The number of hydrogen-bond acceptors (Lipinski definition) is 2. The van der Waals surface area contributed by atoms with Crippen molar-refractivity contribution in [1.82, 2.24) is 4.57 Å². The van der Waals surface area contributed by atoms with Crippen molar-refractivity contribution in [3.8, 4) is 17.0 Å². The van der Waals surface area contributed by atoms with E-state index in [1.54, 1.807) is 18.9 Å². The normalized spacial score (nSPS) is 11.0. The molecule has 0 aliphatic carbocycles. The molecule has 4 rings (SSSR count). The fourth-order valence-electron chi connectivity index (χ4n) is 3.14. The second-order valence-electron chi connectivity index (χ2n) is 5.90. The standard InChI is InChI=1S/C22H19NOS/c1-23-20-11-7-6-10-19(20)22(21(23)16-8-4-3-5-9-16)25-18-14-12-17(24-2)13-15-18/h3-15H,1-2H3. The lowest BCUT2D eigenvalue weighted by Gasteiger charge is -2.09. The molecule has 1 heterocycles. The first kappa shape index (κ1) is 15.9. The summed E-state index contributed by atoms with van der Waals surface area (Å²) in [7, 11) is 3.84. The first-order chi connectivity index (χ1) is 12.3. The van der Waals surface area contributed by atoms with Gasteiger partial charge in [0.2, 0.25) is 0 Å². The molecule has 0 amide bonds. The number of rotatable bonds is 4. The van der Waals surface area contributed by atoms with Gasteiger partial charge in [0.05, 0.1) is 12.8 Å². The van der Waals surface area contributed by atoms with Gasteiger partial charge >= 0.3 is 0 Å². The summed E-state index contributed by atoms with van der Waals surface area (Å²) in [5, 5.41) is 1.28. The van der Waals surface area contributed by atoms with Gasteiger partial charge < -0.3 is 9.30 Å². The summed E-state index contributed by atoms with van der Waals surface area (Å²) in [6.07, 6.45) is 0. The third-order valence-corrected chi connectivity index (χ3v) is 5.51. The van der Waals surface area contributed by atoms with Gasteiger partial charge in [-0.25, -0.2) is 0 Å². The Hall–Kier alpha value is -2.65. The van der Waals surface area contributed by atoms with Crippen LogP contribution in [-0.4, -0.2) is 11.7 Å². The van der Waals surface area contributed by atoms with Crippen LogP contribution in [0.3, 0.4) is 0 Å². The van der Waals surface area contributed by atoms with Crippen LogP contribution >= 0.6 is 11.8 Å². The van der Waals surface area contributed by atoms with Gasteiger partial charge in [-0.3, -0.25) is 0 Å². The minimum atomic E-state index is 0.880. The Morgan fingerprint density at radius 3 is 2.20 bits per heavy atom. The minimum absolute atomic E-state index is 0.880. The molecular weight excluding hydrogens is 326 g/mol. The van der Waals surface area contributed by atoms with E-state index >= 15 is 0 Å². The number of fused-ring (bicyclic) bond motifs is 1. The number of para-hydroxylation sites is 1.